The fraction of sp³-hybridized carbons (Fsp3) is 0.346. The van der Waals surface area contributed by atoms with Crippen LogP contribution in [0.5, 0.6) is 5.75 Å². The van der Waals surface area contributed by atoms with Crippen molar-refractivity contribution in [2.75, 3.05) is 13.7 Å². The molecule has 3 aromatic rings. The summed E-state index contributed by atoms with van der Waals surface area (Å²) in [4.78, 5) is 30.1. The lowest BCUT2D eigenvalue weighted by Gasteiger charge is -2.19. The number of benzene rings is 1. The van der Waals surface area contributed by atoms with Crippen LogP contribution in [0.4, 0.5) is 0 Å². The fourth-order valence-electron chi connectivity index (χ4n) is 4.17. The van der Waals surface area contributed by atoms with Gasteiger partial charge < -0.3 is 23.9 Å². The van der Waals surface area contributed by atoms with Crippen molar-refractivity contribution < 1.29 is 19.1 Å². The molecule has 0 saturated heterocycles. The number of aromatic nitrogens is 3. The van der Waals surface area contributed by atoms with E-state index in [1.165, 1.54) is 6.08 Å². The van der Waals surface area contributed by atoms with Crippen LogP contribution in [0.1, 0.15) is 58.6 Å². The van der Waals surface area contributed by atoms with E-state index in [2.05, 4.69) is 10.3 Å². The van der Waals surface area contributed by atoms with Gasteiger partial charge in [-0.15, -0.1) is 0 Å². The number of nitrogens with one attached hydrogen (secondary N) is 1. The molecule has 1 N–H and O–H groups in total. The number of amides is 1. The van der Waals surface area contributed by atoms with E-state index < -0.39 is 12.0 Å². The van der Waals surface area contributed by atoms with E-state index in [0.29, 0.717) is 29.2 Å². The van der Waals surface area contributed by atoms with Crippen LogP contribution in [-0.2, 0) is 23.1 Å². The zero-order valence-corrected chi connectivity index (χ0v) is 20.6. The summed E-state index contributed by atoms with van der Waals surface area (Å²) in [6.07, 6.45) is 6.64. The van der Waals surface area contributed by atoms with Crippen LogP contribution in [0, 0.1) is 13.8 Å². The lowest BCUT2D eigenvalue weighted by molar-refractivity contribution is -0.117. The average molecular weight is 465 g/mol. The number of esters is 1. The third kappa shape index (κ3) is 5.06. The SMILES string of the molecule is CCOC(=O)c1c(/C=C/C(=O)NC(c2cccc(OC)c2)c2nccn2C)c(C)n(CC)c1C. The van der Waals surface area contributed by atoms with Crippen LogP contribution in [0.15, 0.2) is 42.7 Å². The second kappa shape index (κ2) is 10.9. The number of rotatable bonds is 9. The number of ether oxygens (including phenoxy) is 2. The minimum Gasteiger partial charge on any atom is -0.497 e. The number of carbonyl (C=O) groups is 2. The highest BCUT2D eigenvalue weighted by molar-refractivity contribution is 5.99. The molecule has 34 heavy (non-hydrogen) atoms. The molecule has 2 heterocycles. The first-order chi connectivity index (χ1) is 16.3. The Kier molecular flexibility index (Phi) is 7.94. The van der Waals surface area contributed by atoms with E-state index in [9.17, 15) is 9.59 Å². The first-order valence-corrected chi connectivity index (χ1v) is 11.3. The highest BCUT2D eigenvalue weighted by Gasteiger charge is 2.23. The molecule has 0 saturated carbocycles. The Morgan fingerprint density at radius 1 is 1.21 bits per heavy atom. The molecule has 180 valence electrons. The summed E-state index contributed by atoms with van der Waals surface area (Å²) >= 11 is 0. The van der Waals surface area contributed by atoms with Crippen molar-refractivity contribution >= 4 is 18.0 Å². The number of aryl methyl sites for hydroxylation is 1. The van der Waals surface area contributed by atoms with Crippen LogP contribution in [0.25, 0.3) is 6.08 Å². The summed E-state index contributed by atoms with van der Waals surface area (Å²) in [5, 5.41) is 3.04. The minimum absolute atomic E-state index is 0.282. The summed E-state index contributed by atoms with van der Waals surface area (Å²) in [5.41, 5.74) is 3.73. The number of nitrogens with zero attached hydrogens (tertiary/aromatic N) is 3. The van der Waals surface area contributed by atoms with Crippen LogP contribution in [-0.4, -0.2) is 39.7 Å². The second-order valence-electron chi connectivity index (χ2n) is 7.87. The molecule has 1 aromatic carbocycles. The molecule has 0 aliphatic heterocycles. The molecule has 2 aromatic heterocycles. The van der Waals surface area contributed by atoms with Crippen molar-refractivity contribution in [1.82, 2.24) is 19.4 Å². The van der Waals surface area contributed by atoms with Crippen molar-refractivity contribution in [3.05, 3.63) is 76.6 Å². The van der Waals surface area contributed by atoms with Crippen LogP contribution in [0.3, 0.4) is 0 Å². The molecular formula is C26H32N4O4. The molecule has 0 radical (unpaired) electrons. The Morgan fingerprint density at radius 2 is 1.97 bits per heavy atom. The van der Waals surface area contributed by atoms with E-state index in [1.54, 1.807) is 26.3 Å². The summed E-state index contributed by atoms with van der Waals surface area (Å²) in [5.74, 6) is 0.670. The van der Waals surface area contributed by atoms with Gasteiger partial charge in [0.2, 0.25) is 5.91 Å². The van der Waals surface area contributed by atoms with Crippen molar-refractivity contribution in [3.8, 4) is 5.75 Å². The van der Waals surface area contributed by atoms with Gasteiger partial charge in [-0.3, -0.25) is 4.79 Å². The van der Waals surface area contributed by atoms with Gasteiger partial charge in [0, 0.05) is 49.0 Å². The Labute approximate surface area is 200 Å². The highest BCUT2D eigenvalue weighted by Crippen LogP contribution is 2.26. The molecular weight excluding hydrogens is 432 g/mol. The van der Waals surface area contributed by atoms with E-state index in [4.69, 9.17) is 9.47 Å². The predicted octanol–water partition coefficient (Wildman–Crippen LogP) is 3.96. The minimum atomic E-state index is -0.486. The van der Waals surface area contributed by atoms with E-state index in [-0.39, 0.29) is 12.5 Å². The topological polar surface area (TPSA) is 87.4 Å². The molecule has 8 heteroatoms. The number of methoxy groups -OCH3 is 1. The molecule has 0 spiro atoms. The normalized spacial score (nSPS) is 12.1. The molecule has 0 bridgehead atoms. The second-order valence-corrected chi connectivity index (χ2v) is 7.87. The largest absolute Gasteiger partial charge is 0.497 e. The van der Waals surface area contributed by atoms with Crippen LogP contribution >= 0.6 is 0 Å². The molecule has 0 aliphatic rings. The van der Waals surface area contributed by atoms with Crippen molar-refractivity contribution in [2.45, 2.75) is 40.3 Å². The van der Waals surface area contributed by atoms with Gasteiger partial charge in [0.15, 0.2) is 0 Å². The molecule has 0 fully saturated rings. The highest BCUT2D eigenvalue weighted by atomic mass is 16.5. The number of hydrogen-bond donors (Lipinski definition) is 1. The monoisotopic (exact) mass is 464 g/mol. The summed E-state index contributed by atoms with van der Waals surface area (Å²) < 4.78 is 14.5. The maximum atomic E-state index is 13.1. The van der Waals surface area contributed by atoms with Crippen LogP contribution < -0.4 is 10.1 Å². The molecule has 0 aliphatic carbocycles. The number of hydrogen-bond acceptors (Lipinski definition) is 5. The zero-order valence-electron chi connectivity index (χ0n) is 20.6. The number of carbonyl (C=O) groups excluding carboxylic acids is 2. The first-order valence-electron chi connectivity index (χ1n) is 11.3. The maximum absolute atomic E-state index is 13.1. The quantitative estimate of drug-likeness (QED) is 0.383. The van der Waals surface area contributed by atoms with Gasteiger partial charge in [0.05, 0.1) is 19.3 Å². The van der Waals surface area contributed by atoms with Gasteiger partial charge in [-0.2, -0.15) is 0 Å². The standard InChI is InChI=1S/C26H32N4O4/c1-7-30-17(3)21(23(18(30)4)26(32)34-8-2)12-13-22(31)28-24(25-27-14-15-29(25)5)19-10-9-11-20(16-19)33-6/h9-16,24H,7-8H2,1-6H3,(H,28,31)/b13-12+. The van der Waals surface area contributed by atoms with Crippen molar-refractivity contribution in [1.29, 1.82) is 0 Å². The van der Waals surface area contributed by atoms with E-state index >= 15 is 0 Å². The molecule has 8 nitrogen and oxygen atoms in total. The molecule has 1 unspecified atom stereocenters. The van der Waals surface area contributed by atoms with Gasteiger partial charge in [-0.1, -0.05) is 12.1 Å². The summed E-state index contributed by atoms with van der Waals surface area (Å²) in [6, 6.07) is 7.02. The zero-order chi connectivity index (χ0) is 24.8. The Balaban J connectivity index is 1.94. The average Bonchev–Trinajstić information content (AvgIpc) is 3.35. The third-order valence-corrected chi connectivity index (χ3v) is 5.86. The van der Waals surface area contributed by atoms with Gasteiger partial charge >= 0.3 is 5.97 Å². The van der Waals surface area contributed by atoms with Gasteiger partial charge in [0.1, 0.15) is 17.6 Å². The maximum Gasteiger partial charge on any atom is 0.340 e. The smallest absolute Gasteiger partial charge is 0.340 e. The van der Waals surface area contributed by atoms with Gasteiger partial charge in [-0.05, 0) is 51.5 Å². The summed E-state index contributed by atoms with van der Waals surface area (Å²) in [6.45, 7) is 8.60. The third-order valence-electron chi connectivity index (χ3n) is 5.86. The lowest BCUT2D eigenvalue weighted by Crippen LogP contribution is -2.29. The predicted molar refractivity (Wildman–Crippen MR) is 131 cm³/mol. The summed E-state index contributed by atoms with van der Waals surface area (Å²) in [7, 11) is 3.48. The molecule has 3 rings (SSSR count). The van der Waals surface area contributed by atoms with Crippen molar-refractivity contribution in [3.63, 3.8) is 0 Å². The molecule has 1 amide bonds. The number of imidazole rings is 1. The van der Waals surface area contributed by atoms with Crippen LogP contribution in [0.2, 0.25) is 0 Å². The first kappa shape index (κ1) is 24.8. The van der Waals surface area contributed by atoms with Crippen molar-refractivity contribution in [2.24, 2.45) is 7.05 Å². The van der Waals surface area contributed by atoms with Gasteiger partial charge in [-0.25, -0.2) is 9.78 Å². The Hall–Kier alpha value is -3.81. The lowest BCUT2D eigenvalue weighted by atomic mass is 10.1. The Morgan fingerprint density at radius 3 is 2.59 bits per heavy atom. The Bertz CT molecular complexity index is 1210. The van der Waals surface area contributed by atoms with E-state index in [1.807, 2.05) is 67.4 Å². The fourth-order valence-corrected chi connectivity index (χ4v) is 4.17. The molecule has 1 atom stereocenters. The van der Waals surface area contributed by atoms with Gasteiger partial charge in [0.25, 0.3) is 0 Å². The van der Waals surface area contributed by atoms with E-state index in [0.717, 1.165) is 17.0 Å².